The van der Waals surface area contributed by atoms with Gasteiger partial charge in [-0.1, -0.05) is 54.4 Å². The topological polar surface area (TPSA) is 52.6 Å². The van der Waals surface area contributed by atoms with Crippen molar-refractivity contribution in [3.05, 3.63) is 0 Å². The maximum Gasteiger partial charge on any atom is 0.460 e. The minimum Gasteiger partial charge on any atom is -0.465 e. The molecule has 1 atom stereocenters. The summed E-state index contributed by atoms with van der Waals surface area (Å²) in [5.41, 5.74) is -0.634. The van der Waals surface area contributed by atoms with Crippen LogP contribution in [0.4, 0.5) is 39.5 Å². The standard InChI is InChI=1S/C22H33F9O4/c1-7-17(3,4)13-14(18(5,6)8-2)16(33)35-11-9-15(32)34-12-10-19(23,24)20(25,26)21(27,28)22(29,30)31/h14H,7-13H2,1-6H3. The molecule has 0 N–H and O–H groups in total. The van der Waals surface area contributed by atoms with E-state index in [1.165, 1.54) is 0 Å². The third-order valence-corrected chi connectivity index (χ3v) is 6.29. The first-order chi connectivity index (χ1) is 15.5. The zero-order valence-corrected chi connectivity index (χ0v) is 20.6. The number of halogens is 9. The molecule has 0 aliphatic rings. The number of carbonyl (C=O) groups is 2. The molecule has 13 heteroatoms. The zero-order chi connectivity index (χ0) is 28.1. The predicted octanol–water partition coefficient (Wildman–Crippen LogP) is 7.20. The molecule has 0 saturated heterocycles. The molecule has 0 saturated carbocycles. The monoisotopic (exact) mass is 532 g/mol. The van der Waals surface area contributed by atoms with E-state index in [1.54, 1.807) is 0 Å². The first-order valence-corrected chi connectivity index (χ1v) is 11.0. The van der Waals surface area contributed by atoms with Crippen LogP contribution in [-0.4, -0.2) is 49.1 Å². The number of hydrogen-bond acceptors (Lipinski definition) is 4. The lowest BCUT2D eigenvalue weighted by Gasteiger charge is -2.37. The second-order valence-corrected chi connectivity index (χ2v) is 9.86. The van der Waals surface area contributed by atoms with Gasteiger partial charge in [-0.2, -0.15) is 39.5 Å². The Balaban J connectivity index is 4.91. The van der Waals surface area contributed by atoms with Gasteiger partial charge in [0.2, 0.25) is 0 Å². The van der Waals surface area contributed by atoms with Crippen LogP contribution in [0.2, 0.25) is 0 Å². The first kappa shape index (κ1) is 33.3. The smallest absolute Gasteiger partial charge is 0.460 e. The lowest BCUT2D eigenvalue weighted by molar-refractivity contribution is -0.397. The van der Waals surface area contributed by atoms with Gasteiger partial charge in [-0.05, 0) is 17.3 Å². The van der Waals surface area contributed by atoms with Gasteiger partial charge in [-0.25, -0.2) is 0 Å². The second kappa shape index (κ2) is 11.6. The molecule has 0 rings (SSSR count). The van der Waals surface area contributed by atoms with Crippen molar-refractivity contribution in [2.75, 3.05) is 13.2 Å². The summed E-state index contributed by atoms with van der Waals surface area (Å²) in [6.07, 6.45) is -7.96. The molecule has 208 valence electrons. The Morgan fingerprint density at radius 2 is 1.26 bits per heavy atom. The summed E-state index contributed by atoms with van der Waals surface area (Å²) in [7, 11) is 0. The Kier molecular flexibility index (Phi) is 11.0. The molecule has 4 nitrogen and oxygen atoms in total. The van der Waals surface area contributed by atoms with Crippen LogP contribution in [0, 0.1) is 16.7 Å². The van der Waals surface area contributed by atoms with Crippen molar-refractivity contribution in [1.82, 2.24) is 0 Å². The summed E-state index contributed by atoms with van der Waals surface area (Å²) in [5, 5.41) is 0. The molecule has 0 amide bonds. The lowest BCUT2D eigenvalue weighted by atomic mass is 9.68. The van der Waals surface area contributed by atoms with Crippen LogP contribution in [0.15, 0.2) is 0 Å². The SMILES string of the molecule is CCC(C)(C)CC(C(=O)OCCC(=O)OCCC(F)(F)C(F)(F)C(F)(F)C(F)(F)F)C(C)(C)CC. The maximum atomic E-state index is 13.4. The van der Waals surface area contributed by atoms with Crippen LogP contribution in [-0.2, 0) is 19.1 Å². The Morgan fingerprint density at radius 3 is 1.69 bits per heavy atom. The van der Waals surface area contributed by atoms with Crippen molar-refractivity contribution in [3.8, 4) is 0 Å². The molecule has 1 unspecified atom stereocenters. The molecule has 0 aromatic rings. The minimum absolute atomic E-state index is 0.189. The third-order valence-electron chi connectivity index (χ3n) is 6.29. The highest BCUT2D eigenvalue weighted by Crippen LogP contribution is 2.54. The summed E-state index contributed by atoms with van der Waals surface area (Å²) in [5.74, 6) is -22.0. The van der Waals surface area contributed by atoms with E-state index >= 15 is 0 Å². The summed E-state index contributed by atoms with van der Waals surface area (Å²) < 4.78 is 125. The molecule has 0 aromatic heterocycles. The van der Waals surface area contributed by atoms with Crippen LogP contribution in [0.1, 0.15) is 73.6 Å². The maximum absolute atomic E-state index is 13.4. The van der Waals surface area contributed by atoms with Gasteiger partial charge >= 0.3 is 35.9 Å². The number of esters is 2. The van der Waals surface area contributed by atoms with E-state index in [-0.39, 0.29) is 5.41 Å². The summed E-state index contributed by atoms with van der Waals surface area (Å²) in [4.78, 5) is 24.3. The van der Waals surface area contributed by atoms with E-state index < -0.39 is 73.3 Å². The number of alkyl halides is 9. The third kappa shape index (κ3) is 8.44. The average Bonchev–Trinajstić information content (AvgIpc) is 2.70. The van der Waals surface area contributed by atoms with E-state index in [4.69, 9.17) is 4.74 Å². The minimum atomic E-state index is -7.00. The molecule has 0 bridgehead atoms. The van der Waals surface area contributed by atoms with Crippen LogP contribution in [0.5, 0.6) is 0 Å². The van der Waals surface area contributed by atoms with Crippen LogP contribution in [0.3, 0.4) is 0 Å². The zero-order valence-electron chi connectivity index (χ0n) is 20.6. The molecular formula is C22H33F9O4. The molecule has 0 fully saturated rings. The molecule has 0 radical (unpaired) electrons. The largest absolute Gasteiger partial charge is 0.465 e. The highest BCUT2D eigenvalue weighted by molar-refractivity contribution is 5.74. The van der Waals surface area contributed by atoms with E-state index in [0.717, 1.165) is 6.42 Å². The Bertz CT molecular complexity index is 716. The van der Waals surface area contributed by atoms with E-state index in [9.17, 15) is 49.1 Å². The van der Waals surface area contributed by atoms with Crippen LogP contribution >= 0.6 is 0 Å². The fourth-order valence-electron chi connectivity index (χ4n) is 2.89. The number of rotatable bonds is 14. The van der Waals surface area contributed by atoms with Crippen molar-refractivity contribution in [2.24, 2.45) is 16.7 Å². The van der Waals surface area contributed by atoms with Crippen LogP contribution < -0.4 is 0 Å². The van der Waals surface area contributed by atoms with Crippen molar-refractivity contribution in [3.63, 3.8) is 0 Å². The quantitative estimate of drug-likeness (QED) is 0.175. The fourth-order valence-corrected chi connectivity index (χ4v) is 2.89. The fraction of sp³-hybridized carbons (Fsp3) is 0.909. The van der Waals surface area contributed by atoms with E-state index in [1.807, 2.05) is 41.5 Å². The molecule has 0 heterocycles. The van der Waals surface area contributed by atoms with Gasteiger partial charge in [0.05, 0.1) is 25.4 Å². The van der Waals surface area contributed by atoms with Gasteiger partial charge in [0, 0.05) is 0 Å². The number of ether oxygens (including phenoxy) is 2. The van der Waals surface area contributed by atoms with E-state index in [2.05, 4.69) is 4.74 Å². The van der Waals surface area contributed by atoms with Gasteiger partial charge in [0.15, 0.2) is 0 Å². The first-order valence-electron chi connectivity index (χ1n) is 11.0. The summed E-state index contributed by atoms with van der Waals surface area (Å²) in [6, 6.07) is 0. The highest BCUT2D eigenvalue weighted by atomic mass is 19.4. The van der Waals surface area contributed by atoms with Gasteiger partial charge in [-0.15, -0.1) is 0 Å². The van der Waals surface area contributed by atoms with Gasteiger partial charge in [-0.3, -0.25) is 9.59 Å². The number of carbonyl (C=O) groups excluding carboxylic acids is 2. The van der Waals surface area contributed by atoms with Crippen molar-refractivity contribution < 1.29 is 58.6 Å². The van der Waals surface area contributed by atoms with Crippen LogP contribution in [0.25, 0.3) is 0 Å². The van der Waals surface area contributed by atoms with Gasteiger partial charge < -0.3 is 9.47 Å². The van der Waals surface area contributed by atoms with Gasteiger partial charge in [0.25, 0.3) is 0 Å². The lowest BCUT2D eigenvalue weighted by Crippen LogP contribution is -2.61. The number of hydrogen-bond donors (Lipinski definition) is 0. The normalized spacial score (nSPS) is 15.1. The Morgan fingerprint density at radius 1 is 0.743 bits per heavy atom. The average molecular weight is 532 g/mol. The molecule has 0 aliphatic heterocycles. The highest BCUT2D eigenvalue weighted by Gasteiger charge is 2.81. The summed E-state index contributed by atoms with van der Waals surface area (Å²) in [6.45, 7) is 9.45. The second-order valence-electron chi connectivity index (χ2n) is 9.86. The molecular weight excluding hydrogens is 499 g/mol. The Labute approximate surface area is 198 Å². The van der Waals surface area contributed by atoms with Gasteiger partial charge in [0.1, 0.15) is 6.61 Å². The molecule has 0 spiro atoms. The van der Waals surface area contributed by atoms with Crippen molar-refractivity contribution in [1.29, 1.82) is 0 Å². The summed E-state index contributed by atoms with van der Waals surface area (Å²) >= 11 is 0. The molecule has 0 aliphatic carbocycles. The Hall–Kier alpha value is -1.69. The van der Waals surface area contributed by atoms with Crippen molar-refractivity contribution >= 4 is 11.9 Å². The van der Waals surface area contributed by atoms with Crippen molar-refractivity contribution in [2.45, 2.75) is 97.6 Å². The molecule has 35 heavy (non-hydrogen) atoms. The predicted molar refractivity (Wildman–Crippen MR) is 108 cm³/mol. The molecule has 0 aromatic carbocycles. The van der Waals surface area contributed by atoms with E-state index in [0.29, 0.717) is 12.8 Å².